The van der Waals surface area contributed by atoms with Crippen LogP contribution >= 0.6 is 11.6 Å². The maximum Gasteiger partial charge on any atom is 0.221 e. The fourth-order valence-corrected chi connectivity index (χ4v) is 4.05. The first kappa shape index (κ1) is 17.6. The molecule has 0 aliphatic heterocycles. The summed E-state index contributed by atoms with van der Waals surface area (Å²) < 4.78 is 14.5. The first-order valence-electron chi connectivity index (χ1n) is 9.09. The normalized spacial score (nSPS) is 11.4. The zero-order chi connectivity index (χ0) is 20.1. The number of aromatic nitrogens is 2. The van der Waals surface area contributed by atoms with E-state index in [1.54, 1.807) is 12.1 Å². The average Bonchev–Trinajstić information content (AvgIpc) is 3.13. The third-order valence-electron chi connectivity index (χ3n) is 4.99. The van der Waals surface area contributed by atoms with Crippen LogP contribution < -0.4 is 5.32 Å². The molecule has 29 heavy (non-hydrogen) atoms. The Morgan fingerprint density at radius 2 is 1.79 bits per heavy atom. The highest BCUT2D eigenvalue weighted by Crippen LogP contribution is 2.38. The van der Waals surface area contributed by atoms with Gasteiger partial charge in [-0.15, -0.1) is 0 Å². The standard InChI is InChI=1S/C23H15ClFN3O/c1-12(29)26-13-9-10-16-17(11-13)14-5-2-3-6-15(14)21-22(16)28-23(27-21)20-18(24)7-4-8-19(20)25/h2-11H,1H3,(H,26,29)(H,27,28). The number of amides is 1. The molecule has 0 spiro atoms. The minimum atomic E-state index is -0.432. The van der Waals surface area contributed by atoms with Crippen LogP contribution in [0.4, 0.5) is 10.1 Å². The first-order chi connectivity index (χ1) is 14.0. The van der Waals surface area contributed by atoms with Crippen molar-refractivity contribution in [2.24, 2.45) is 0 Å². The van der Waals surface area contributed by atoms with Gasteiger partial charge in [-0.3, -0.25) is 4.79 Å². The molecule has 0 unspecified atom stereocenters. The van der Waals surface area contributed by atoms with Crippen LogP contribution in [-0.4, -0.2) is 15.9 Å². The van der Waals surface area contributed by atoms with Gasteiger partial charge in [0.1, 0.15) is 11.6 Å². The highest BCUT2D eigenvalue weighted by atomic mass is 35.5. The zero-order valence-electron chi connectivity index (χ0n) is 15.4. The van der Waals surface area contributed by atoms with Crippen molar-refractivity contribution in [3.05, 3.63) is 71.5 Å². The van der Waals surface area contributed by atoms with Crippen LogP contribution in [0, 0.1) is 5.82 Å². The quantitative estimate of drug-likeness (QED) is 0.340. The Balaban J connectivity index is 1.89. The lowest BCUT2D eigenvalue weighted by molar-refractivity contribution is -0.114. The van der Waals surface area contributed by atoms with E-state index in [0.29, 0.717) is 16.5 Å². The monoisotopic (exact) mass is 403 g/mol. The Hall–Kier alpha value is -3.44. The van der Waals surface area contributed by atoms with Gasteiger partial charge >= 0.3 is 0 Å². The Morgan fingerprint density at radius 1 is 1.00 bits per heavy atom. The van der Waals surface area contributed by atoms with Crippen LogP contribution in [0.3, 0.4) is 0 Å². The molecular formula is C23H15ClFN3O. The molecule has 5 rings (SSSR count). The van der Waals surface area contributed by atoms with Gasteiger partial charge in [-0.1, -0.05) is 48.0 Å². The van der Waals surface area contributed by atoms with Crippen molar-refractivity contribution in [2.45, 2.75) is 6.92 Å². The average molecular weight is 404 g/mol. The summed E-state index contributed by atoms with van der Waals surface area (Å²) in [4.78, 5) is 19.4. The van der Waals surface area contributed by atoms with Crippen molar-refractivity contribution in [3.8, 4) is 11.4 Å². The minimum Gasteiger partial charge on any atom is -0.337 e. The van der Waals surface area contributed by atoms with E-state index in [2.05, 4.69) is 10.3 Å². The van der Waals surface area contributed by atoms with Gasteiger partial charge < -0.3 is 10.3 Å². The van der Waals surface area contributed by atoms with E-state index < -0.39 is 5.82 Å². The topological polar surface area (TPSA) is 57.8 Å². The third-order valence-corrected chi connectivity index (χ3v) is 5.30. The molecular weight excluding hydrogens is 389 g/mol. The number of imidazole rings is 1. The summed E-state index contributed by atoms with van der Waals surface area (Å²) >= 11 is 6.26. The number of nitrogens with one attached hydrogen (secondary N) is 2. The highest BCUT2D eigenvalue weighted by molar-refractivity contribution is 6.33. The number of rotatable bonds is 2. The van der Waals surface area contributed by atoms with Gasteiger partial charge in [-0.2, -0.15) is 0 Å². The molecule has 0 atom stereocenters. The summed E-state index contributed by atoms with van der Waals surface area (Å²) in [7, 11) is 0. The summed E-state index contributed by atoms with van der Waals surface area (Å²) in [6, 6.07) is 18.2. The van der Waals surface area contributed by atoms with Crippen LogP contribution in [0.1, 0.15) is 6.92 Å². The second-order valence-corrected chi connectivity index (χ2v) is 7.30. The molecule has 4 nitrogen and oxygen atoms in total. The van der Waals surface area contributed by atoms with Crippen LogP contribution in [0.2, 0.25) is 5.02 Å². The fourth-order valence-electron chi connectivity index (χ4n) is 3.80. The molecule has 6 heteroatoms. The zero-order valence-corrected chi connectivity index (χ0v) is 16.1. The molecule has 0 aliphatic rings. The van der Waals surface area contributed by atoms with Gasteiger partial charge in [-0.25, -0.2) is 9.37 Å². The summed E-state index contributed by atoms with van der Waals surface area (Å²) in [6.07, 6.45) is 0. The Kier molecular flexibility index (Phi) is 4.00. The third kappa shape index (κ3) is 2.82. The molecule has 1 aromatic heterocycles. The van der Waals surface area contributed by atoms with Gasteiger partial charge in [0, 0.05) is 23.4 Å². The van der Waals surface area contributed by atoms with E-state index >= 15 is 0 Å². The molecule has 0 bridgehead atoms. The number of anilines is 1. The van der Waals surface area contributed by atoms with E-state index in [4.69, 9.17) is 16.6 Å². The molecule has 5 aromatic rings. The van der Waals surface area contributed by atoms with Crippen molar-refractivity contribution in [2.75, 3.05) is 5.32 Å². The number of halogens is 2. The van der Waals surface area contributed by atoms with E-state index in [9.17, 15) is 9.18 Å². The van der Waals surface area contributed by atoms with Gasteiger partial charge in [-0.05, 0) is 35.0 Å². The summed E-state index contributed by atoms with van der Waals surface area (Å²) in [5, 5.41) is 6.95. The fraction of sp³-hybridized carbons (Fsp3) is 0.0435. The van der Waals surface area contributed by atoms with Crippen LogP contribution in [0.5, 0.6) is 0 Å². The largest absolute Gasteiger partial charge is 0.337 e. The van der Waals surface area contributed by atoms with Gasteiger partial charge in [0.05, 0.1) is 21.6 Å². The lowest BCUT2D eigenvalue weighted by Gasteiger charge is -2.09. The molecule has 2 N–H and O–H groups in total. The lowest BCUT2D eigenvalue weighted by atomic mass is 9.99. The second kappa shape index (κ2) is 6.57. The molecule has 1 amide bonds. The SMILES string of the molecule is CC(=O)Nc1ccc2c(c1)c1ccccc1c1nc(-c3c(F)cccc3Cl)[nH]c21. The number of benzene rings is 4. The number of hydrogen-bond acceptors (Lipinski definition) is 2. The molecule has 0 aliphatic carbocycles. The van der Waals surface area contributed by atoms with Crippen molar-refractivity contribution in [1.29, 1.82) is 0 Å². The molecule has 4 aromatic carbocycles. The molecule has 1 heterocycles. The van der Waals surface area contributed by atoms with Crippen molar-refractivity contribution >= 4 is 55.8 Å². The van der Waals surface area contributed by atoms with Crippen molar-refractivity contribution < 1.29 is 9.18 Å². The van der Waals surface area contributed by atoms with E-state index in [1.807, 2.05) is 42.5 Å². The molecule has 0 saturated carbocycles. The van der Waals surface area contributed by atoms with Crippen LogP contribution in [0.15, 0.2) is 60.7 Å². The predicted octanol–water partition coefficient (Wildman–Crippen LogP) is 6.29. The van der Waals surface area contributed by atoms with Crippen LogP contribution in [0.25, 0.3) is 44.0 Å². The summed E-state index contributed by atoms with van der Waals surface area (Å²) in [5.74, 6) is -0.183. The smallest absolute Gasteiger partial charge is 0.221 e. The predicted molar refractivity (Wildman–Crippen MR) is 116 cm³/mol. The highest BCUT2D eigenvalue weighted by Gasteiger charge is 2.18. The van der Waals surface area contributed by atoms with Gasteiger partial charge in [0.15, 0.2) is 0 Å². The Labute approximate surface area is 170 Å². The van der Waals surface area contributed by atoms with Gasteiger partial charge in [0.2, 0.25) is 5.91 Å². The van der Waals surface area contributed by atoms with E-state index in [0.717, 1.165) is 32.6 Å². The summed E-state index contributed by atoms with van der Waals surface area (Å²) in [5.41, 5.74) is 2.50. The lowest BCUT2D eigenvalue weighted by Crippen LogP contribution is -2.05. The number of carbonyl (C=O) groups is 1. The summed E-state index contributed by atoms with van der Waals surface area (Å²) in [6.45, 7) is 1.48. The maximum atomic E-state index is 14.5. The molecule has 0 radical (unpaired) electrons. The minimum absolute atomic E-state index is 0.132. The Bertz CT molecular complexity index is 1420. The van der Waals surface area contributed by atoms with Crippen LogP contribution in [-0.2, 0) is 4.79 Å². The van der Waals surface area contributed by atoms with E-state index in [1.165, 1.54) is 13.0 Å². The van der Waals surface area contributed by atoms with Crippen molar-refractivity contribution in [1.82, 2.24) is 9.97 Å². The number of carbonyl (C=O) groups excluding carboxylic acids is 1. The van der Waals surface area contributed by atoms with Crippen molar-refractivity contribution in [3.63, 3.8) is 0 Å². The number of hydrogen-bond donors (Lipinski definition) is 2. The first-order valence-corrected chi connectivity index (χ1v) is 9.47. The number of aromatic amines is 1. The maximum absolute atomic E-state index is 14.5. The number of H-pyrrole nitrogens is 1. The van der Waals surface area contributed by atoms with E-state index in [-0.39, 0.29) is 11.5 Å². The number of nitrogens with zero attached hydrogens (tertiary/aromatic N) is 1. The Morgan fingerprint density at radius 3 is 2.55 bits per heavy atom. The molecule has 142 valence electrons. The molecule has 0 fully saturated rings. The van der Waals surface area contributed by atoms with Gasteiger partial charge in [0.25, 0.3) is 0 Å². The second-order valence-electron chi connectivity index (χ2n) is 6.89. The number of fused-ring (bicyclic) bond motifs is 6. The molecule has 0 saturated heterocycles.